The Bertz CT molecular complexity index is 734. The molecule has 2 heterocycles. The Morgan fingerprint density at radius 2 is 2.18 bits per heavy atom. The second kappa shape index (κ2) is 3.46. The predicted octanol–water partition coefficient (Wildman–Crippen LogP) is 2.66. The molecule has 0 spiro atoms. The number of nitrogens with zero attached hydrogens (tertiary/aromatic N) is 3. The molecule has 0 aliphatic carbocycles. The largest absolute Gasteiger partial charge is 0.441 e. The Morgan fingerprint density at radius 3 is 2.94 bits per heavy atom. The second-order valence-electron chi connectivity index (χ2n) is 3.60. The third-order valence-electron chi connectivity index (χ3n) is 2.40. The van der Waals surface area contributed by atoms with Crippen LogP contribution >= 0.6 is 0 Å². The molecule has 0 fully saturated rings. The summed E-state index contributed by atoms with van der Waals surface area (Å²) in [6.07, 6.45) is 0. The van der Waals surface area contributed by atoms with E-state index in [1.54, 1.807) is 13.0 Å². The summed E-state index contributed by atoms with van der Waals surface area (Å²) in [5, 5.41) is 12.3. The molecule has 0 N–H and O–H groups in total. The SMILES string of the molecule is Cc1nc2cc(-c3cc(C#N)no3)ccc2o1. The maximum atomic E-state index is 8.67. The minimum absolute atomic E-state index is 0.261. The topological polar surface area (TPSA) is 75.8 Å². The fraction of sp³-hybridized carbons (Fsp3) is 0.0833. The van der Waals surface area contributed by atoms with Crippen molar-refractivity contribution in [3.05, 3.63) is 35.9 Å². The summed E-state index contributed by atoms with van der Waals surface area (Å²) >= 11 is 0. The highest BCUT2D eigenvalue weighted by Gasteiger charge is 2.09. The molecule has 5 nitrogen and oxygen atoms in total. The highest BCUT2D eigenvalue weighted by Crippen LogP contribution is 2.25. The van der Waals surface area contributed by atoms with Gasteiger partial charge in [0.2, 0.25) is 0 Å². The maximum absolute atomic E-state index is 8.67. The fourth-order valence-electron chi connectivity index (χ4n) is 1.66. The van der Waals surface area contributed by atoms with Crippen molar-refractivity contribution in [2.24, 2.45) is 0 Å². The van der Waals surface area contributed by atoms with Gasteiger partial charge >= 0.3 is 0 Å². The highest BCUT2D eigenvalue weighted by molar-refractivity contribution is 5.79. The molecule has 0 bridgehead atoms. The van der Waals surface area contributed by atoms with Crippen LogP contribution in [0.15, 0.2) is 33.2 Å². The molecule has 0 radical (unpaired) electrons. The zero-order valence-corrected chi connectivity index (χ0v) is 8.97. The van der Waals surface area contributed by atoms with Crippen molar-refractivity contribution >= 4 is 11.1 Å². The first kappa shape index (κ1) is 9.60. The van der Waals surface area contributed by atoms with Gasteiger partial charge in [0.05, 0.1) is 0 Å². The molecular weight excluding hydrogens is 218 g/mol. The van der Waals surface area contributed by atoms with E-state index in [0.29, 0.717) is 11.7 Å². The summed E-state index contributed by atoms with van der Waals surface area (Å²) in [5.74, 6) is 1.16. The van der Waals surface area contributed by atoms with E-state index in [0.717, 1.165) is 16.7 Å². The van der Waals surface area contributed by atoms with Crippen LogP contribution in [-0.4, -0.2) is 10.1 Å². The van der Waals surface area contributed by atoms with Crippen LogP contribution in [0.1, 0.15) is 11.6 Å². The molecule has 3 rings (SSSR count). The van der Waals surface area contributed by atoms with Gasteiger partial charge in [0.1, 0.15) is 11.6 Å². The first-order valence-corrected chi connectivity index (χ1v) is 5.00. The molecule has 0 amide bonds. The van der Waals surface area contributed by atoms with Crippen molar-refractivity contribution in [1.82, 2.24) is 10.1 Å². The lowest BCUT2D eigenvalue weighted by Gasteiger charge is -1.93. The monoisotopic (exact) mass is 225 g/mol. The lowest BCUT2D eigenvalue weighted by Crippen LogP contribution is -1.74. The van der Waals surface area contributed by atoms with Gasteiger partial charge in [0, 0.05) is 18.6 Å². The molecular formula is C12H7N3O2. The van der Waals surface area contributed by atoms with Crippen LogP contribution in [0, 0.1) is 18.3 Å². The molecule has 0 saturated heterocycles. The van der Waals surface area contributed by atoms with Crippen LogP contribution in [0.3, 0.4) is 0 Å². The number of oxazole rings is 1. The number of benzene rings is 1. The average molecular weight is 225 g/mol. The van der Waals surface area contributed by atoms with Gasteiger partial charge in [0.25, 0.3) is 0 Å². The maximum Gasteiger partial charge on any atom is 0.192 e. The van der Waals surface area contributed by atoms with Gasteiger partial charge in [-0.3, -0.25) is 0 Å². The summed E-state index contributed by atoms with van der Waals surface area (Å²) in [7, 11) is 0. The van der Waals surface area contributed by atoms with E-state index >= 15 is 0 Å². The van der Waals surface area contributed by atoms with Crippen molar-refractivity contribution in [2.75, 3.05) is 0 Å². The number of hydrogen-bond acceptors (Lipinski definition) is 5. The number of nitriles is 1. The number of aromatic nitrogens is 2. The van der Waals surface area contributed by atoms with E-state index < -0.39 is 0 Å². The third kappa shape index (κ3) is 1.56. The van der Waals surface area contributed by atoms with Crippen molar-refractivity contribution in [3.63, 3.8) is 0 Å². The van der Waals surface area contributed by atoms with Crippen LogP contribution in [0.4, 0.5) is 0 Å². The van der Waals surface area contributed by atoms with Gasteiger partial charge in [-0.2, -0.15) is 5.26 Å². The van der Waals surface area contributed by atoms with Gasteiger partial charge in [-0.25, -0.2) is 4.98 Å². The molecule has 0 unspecified atom stereocenters. The van der Waals surface area contributed by atoms with Crippen LogP contribution in [0.5, 0.6) is 0 Å². The lowest BCUT2D eigenvalue weighted by molar-refractivity contribution is 0.430. The Kier molecular flexibility index (Phi) is 1.95. The predicted molar refractivity (Wildman–Crippen MR) is 59.0 cm³/mol. The Hall–Kier alpha value is -2.61. The molecule has 1 aromatic carbocycles. The van der Waals surface area contributed by atoms with E-state index in [9.17, 15) is 0 Å². The van der Waals surface area contributed by atoms with Crippen molar-refractivity contribution < 1.29 is 8.94 Å². The Morgan fingerprint density at radius 1 is 1.29 bits per heavy atom. The molecule has 0 aliphatic heterocycles. The van der Waals surface area contributed by atoms with E-state index in [2.05, 4.69) is 10.1 Å². The average Bonchev–Trinajstić information content (AvgIpc) is 2.92. The van der Waals surface area contributed by atoms with Gasteiger partial charge in [0.15, 0.2) is 22.9 Å². The van der Waals surface area contributed by atoms with Crippen molar-refractivity contribution in [3.8, 4) is 17.4 Å². The standard InChI is InChI=1S/C12H7N3O2/c1-7-14-10-4-8(2-3-11(10)16-7)12-5-9(6-13)15-17-12/h2-5H,1H3. The number of hydrogen-bond donors (Lipinski definition) is 0. The zero-order valence-electron chi connectivity index (χ0n) is 8.97. The van der Waals surface area contributed by atoms with Crippen LogP contribution in [0.2, 0.25) is 0 Å². The van der Waals surface area contributed by atoms with E-state index in [4.69, 9.17) is 14.2 Å². The molecule has 82 valence electrons. The van der Waals surface area contributed by atoms with Gasteiger partial charge < -0.3 is 8.94 Å². The lowest BCUT2D eigenvalue weighted by atomic mass is 10.1. The summed E-state index contributed by atoms with van der Waals surface area (Å²) in [6.45, 7) is 1.79. The fourth-order valence-corrected chi connectivity index (χ4v) is 1.66. The van der Waals surface area contributed by atoms with Crippen molar-refractivity contribution in [2.45, 2.75) is 6.92 Å². The zero-order chi connectivity index (χ0) is 11.8. The minimum atomic E-state index is 0.261. The first-order chi connectivity index (χ1) is 8.26. The number of aryl methyl sites for hydroxylation is 1. The third-order valence-corrected chi connectivity index (χ3v) is 2.40. The summed E-state index contributed by atoms with van der Waals surface area (Å²) in [6, 6.07) is 9.01. The highest BCUT2D eigenvalue weighted by atomic mass is 16.5. The number of rotatable bonds is 1. The van der Waals surface area contributed by atoms with Crippen LogP contribution < -0.4 is 0 Å². The second-order valence-corrected chi connectivity index (χ2v) is 3.60. The quantitative estimate of drug-likeness (QED) is 0.636. The van der Waals surface area contributed by atoms with E-state index in [1.165, 1.54) is 0 Å². The molecule has 0 saturated carbocycles. The Balaban J connectivity index is 2.14. The molecule has 0 atom stereocenters. The number of fused-ring (bicyclic) bond motifs is 1. The van der Waals surface area contributed by atoms with E-state index in [-0.39, 0.29) is 5.69 Å². The smallest absolute Gasteiger partial charge is 0.192 e. The first-order valence-electron chi connectivity index (χ1n) is 5.00. The minimum Gasteiger partial charge on any atom is -0.441 e. The molecule has 3 aromatic rings. The molecule has 0 aliphatic rings. The Labute approximate surface area is 96.3 Å². The molecule has 5 heteroatoms. The normalized spacial score (nSPS) is 10.6. The van der Waals surface area contributed by atoms with Gasteiger partial charge in [-0.1, -0.05) is 5.16 Å². The van der Waals surface area contributed by atoms with Gasteiger partial charge in [-0.15, -0.1) is 0 Å². The van der Waals surface area contributed by atoms with Crippen molar-refractivity contribution in [1.29, 1.82) is 5.26 Å². The van der Waals surface area contributed by atoms with Crippen LogP contribution in [-0.2, 0) is 0 Å². The summed E-state index contributed by atoms with van der Waals surface area (Å²) in [5.41, 5.74) is 2.57. The van der Waals surface area contributed by atoms with Crippen LogP contribution in [0.25, 0.3) is 22.4 Å². The molecule has 17 heavy (non-hydrogen) atoms. The molecule has 2 aromatic heterocycles. The van der Waals surface area contributed by atoms with E-state index in [1.807, 2.05) is 24.3 Å². The summed E-state index contributed by atoms with van der Waals surface area (Å²) < 4.78 is 10.4. The summed E-state index contributed by atoms with van der Waals surface area (Å²) in [4.78, 5) is 4.23. The van der Waals surface area contributed by atoms with Gasteiger partial charge in [-0.05, 0) is 18.2 Å².